The van der Waals surface area contributed by atoms with Crippen molar-refractivity contribution in [2.24, 2.45) is 0 Å². The number of rotatable bonds is 5. The van der Waals surface area contributed by atoms with Gasteiger partial charge in [-0.3, -0.25) is 4.79 Å². The number of carbonyl (C=O) groups excluding carboxylic acids is 1. The van der Waals surface area contributed by atoms with Gasteiger partial charge in [-0.05, 0) is 24.3 Å². The highest BCUT2D eigenvalue weighted by Gasteiger charge is 2.13. The summed E-state index contributed by atoms with van der Waals surface area (Å²) in [6, 6.07) is 16.8. The summed E-state index contributed by atoms with van der Waals surface area (Å²) in [5, 5.41) is 0. The van der Waals surface area contributed by atoms with Gasteiger partial charge in [-0.2, -0.15) is 0 Å². The second-order valence-electron chi connectivity index (χ2n) is 4.55. The summed E-state index contributed by atoms with van der Waals surface area (Å²) in [5.41, 5.74) is 1.75. The van der Waals surface area contributed by atoms with Crippen molar-refractivity contribution in [3.05, 3.63) is 65.7 Å². The molecule has 0 saturated carbocycles. The SMILES string of the molecule is COC(=C(OC)c1ccc(OC(C)=O)cc1)c1ccccc1. The van der Waals surface area contributed by atoms with E-state index >= 15 is 0 Å². The first-order valence-electron chi connectivity index (χ1n) is 6.82. The number of hydrogen-bond acceptors (Lipinski definition) is 4. The highest BCUT2D eigenvalue weighted by atomic mass is 16.5. The third kappa shape index (κ3) is 3.67. The van der Waals surface area contributed by atoms with Crippen LogP contribution in [0.4, 0.5) is 0 Å². The summed E-state index contributed by atoms with van der Waals surface area (Å²) in [6.07, 6.45) is 0. The lowest BCUT2D eigenvalue weighted by Crippen LogP contribution is -2.01. The zero-order valence-corrected chi connectivity index (χ0v) is 12.8. The van der Waals surface area contributed by atoms with Gasteiger partial charge in [-0.1, -0.05) is 30.3 Å². The molecule has 22 heavy (non-hydrogen) atoms. The number of benzene rings is 2. The number of carbonyl (C=O) groups is 1. The molecule has 0 N–H and O–H groups in total. The van der Waals surface area contributed by atoms with Gasteiger partial charge in [0.05, 0.1) is 14.2 Å². The number of methoxy groups -OCH3 is 2. The lowest BCUT2D eigenvalue weighted by molar-refractivity contribution is -0.131. The normalized spacial score (nSPS) is 11.4. The van der Waals surface area contributed by atoms with E-state index in [-0.39, 0.29) is 5.97 Å². The molecule has 2 rings (SSSR count). The number of hydrogen-bond donors (Lipinski definition) is 0. The molecule has 0 radical (unpaired) electrons. The Bertz CT molecular complexity index is 657. The quantitative estimate of drug-likeness (QED) is 0.365. The largest absolute Gasteiger partial charge is 0.492 e. The van der Waals surface area contributed by atoms with E-state index in [0.717, 1.165) is 11.1 Å². The van der Waals surface area contributed by atoms with Gasteiger partial charge in [0.25, 0.3) is 0 Å². The van der Waals surface area contributed by atoms with Gasteiger partial charge in [0, 0.05) is 18.1 Å². The predicted molar refractivity (Wildman–Crippen MR) is 85.0 cm³/mol. The maximum atomic E-state index is 11.0. The summed E-state index contributed by atoms with van der Waals surface area (Å²) in [7, 11) is 3.20. The Morgan fingerprint density at radius 2 is 1.27 bits per heavy atom. The minimum atomic E-state index is -0.350. The van der Waals surface area contributed by atoms with E-state index in [4.69, 9.17) is 14.2 Å². The lowest BCUT2D eigenvalue weighted by Gasteiger charge is -2.14. The Balaban J connectivity index is 2.41. The molecule has 0 aliphatic heterocycles. The van der Waals surface area contributed by atoms with Gasteiger partial charge in [0.2, 0.25) is 0 Å². The van der Waals surface area contributed by atoms with E-state index < -0.39 is 0 Å². The Morgan fingerprint density at radius 1 is 0.773 bits per heavy atom. The van der Waals surface area contributed by atoms with Gasteiger partial charge >= 0.3 is 5.97 Å². The standard InChI is InChI=1S/C18H18O4/c1-13(19)22-16-11-9-15(10-12-16)18(21-3)17(20-2)14-7-5-4-6-8-14/h4-12H,1-3H3. The van der Waals surface area contributed by atoms with Crippen LogP contribution in [0.25, 0.3) is 11.5 Å². The van der Waals surface area contributed by atoms with Gasteiger partial charge in [0.1, 0.15) is 5.75 Å². The van der Waals surface area contributed by atoms with Gasteiger partial charge in [-0.25, -0.2) is 0 Å². The molecule has 2 aromatic rings. The summed E-state index contributed by atoms with van der Waals surface area (Å²) < 4.78 is 16.0. The van der Waals surface area contributed by atoms with E-state index in [1.165, 1.54) is 6.92 Å². The maximum absolute atomic E-state index is 11.0. The van der Waals surface area contributed by atoms with Crippen molar-refractivity contribution < 1.29 is 19.0 Å². The first kappa shape index (κ1) is 15.6. The molecule has 0 amide bonds. The molecule has 0 saturated heterocycles. The summed E-state index contributed by atoms with van der Waals surface area (Å²) in [5.74, 6) is 1.40. The van der Waals surface area contributed by atoms with Gasteiger partial charge < -0.3 is 14.2 Å². The smallest absolute Gasteiger partial charge is 0.308 e. The van der Waals surface area contributed by atoms with E-state index in [2.05, 4.69) is 0 Å². The van der Waals surface area contributed by atoms with Crippen LogP contribution in [-0.4, -0.2) is 20.2 Å². The highest BCUT2D eigenvalue weighted by Crippen LogP contribution is 2.28. The summed E-state index contributed by atoms with van der Waals surface area (Å²) in [6.45, 7) is 1.37. The molecule has 114 valence electrons. The Hall–Kier alpha value is -2.75. The van der Waals surface area contributed by atoms with E-state index in [1.807, 2.05) is 42.5 Å². The second kappa shape index (κ2) is 7.31. The average molecular weight is 298 g/mol. The molecule has 2 aromatic carbocycles. The zero-order valence-electron chi connectivity index (χ0n) is 12.8. The zero-order chi connectivity index (χ0) is 15.9. The van der Waals surface area contributed by atoms with Crippen LogP contribution in [0.1, 0.15) is 18.1 Å². The van der Waals surface area contributed by atoms with Crippen LogP contribution in [-0.2, 0) is 14.3 Å². The Morgan fingerprint density at radius 3 is 1.73 bits per heavy atom. The molecule has 0 aliphatic carbocycles. The fourth-order valence-electron chi connectivity index (χ4n) is 2.11. The molecule has 4 nitrogen and oxygen atoms in total. The first-order valence-corrected chi connectivity index (χ1v) is 6.82. The van der Waals surface area contributed by atoms with Crippen LogP contribution in [0.5, 0.6) is 5.75 Å². The summed E-state index contributed by atoms with van der Waals surface area (Å²) in [4.78, 5) is 11.0. The predicted octanol–water partition coefficient (Wildman–Crippen LogP) is 3.73. The molecule has 0 bridgehead atoms. The average Bonchev–Trinajstić information content (AvgIpc) is 2.54. The van der Waals surface area contributed by atoms with Crippen molar-refractivity contribution in [3.8, 4) is 5.75 Å². The van der Waals surface area contributed by atoms with E-state index in [9.17, 15) is 4.79 Å². The molecular weight excluding hydrogens is 280 g/mol. The Kier molecular flexibility index (Phi) is 5.20. The first-order chi connectivity index (χ1) is 10.7. The minimum absolute atomic E-state index is 0.350. The van der Waals surface area contributed by atoms with E-state index in [0.29, 0.717) is 17.3 Å². The second-order valence-corrected chi connectivity index (χ2v) is 4.55. The van der Waals surface area contributed by atoms with Crippen molar-refractivity contribution in [1.82, 2.24) is 0 Å². The maximum Gasteiger partial charge on any atom is 0.308 e. The van der Waals surface area contributed by atoms with Crippen LogP contribution in [0, 0.1) is 0 Å². The number of esters is 1. The molecule has 0 aromatic heterocycles. The monoisotopic (exact) mass is 298 g/mol. The third-order valence-corrected chi connectivity index (χ3v) is 3.03. The molecule has 0 aliphatic rings. The molecule has 0 unspecified atom stereocenters. The lowest BCUT2D eigenvalue weighted by atomic mass is 10.1. The fraction of sp³-hybridized carbons (Fsp3) is 0.167. The van der Waals surface area contributed by atoms with Crippen molar-refractivity contribution in [1.29, 1.82) is 0 Å². The van der Waals surface area contributed by atoms with Crippen molar-refractivity contribution in [2.45, 2.75) is 6.92 Å². The van der Waals surface area contributed by atoms with Crippen LogP contribution in [0.2, 0.25) is 0 Å². The molecular formula is C18H18O4. The van der Waals surface area contributed by atoms with Crippen LogP contribution in [0.3, 0.4) is 0 Å². The van der Waals surface area contributed by atoms with Crippen molar-refractivity contribution >= 4 is 17.5 Å². The van der Waals surface area contributed by atoms with Crippen molar-refractivity contribution in [2.75, 3.05) is 14.2 Å². The highest BCUT2D eigenvalue weighted by molar-refractivity contribution is 5.84. The van der Waals surface area contributed by atoms with Crippen molar-refractivity contribution in [3.63, 3.8) is 0 Å². The number of ether oxygens (including phenoxy) is 3. The molecule has 0 spiro atoms. The topological polar surface area (TPSA) is 44.8 Å². The van der Waals surface area contributed by atoms with Gasteiger partial charge in [-0.15, -0.1) is 0 Å². The Labute approximate surface area is 129 Å². The molecule has 4 heteroatoms. The minimum Gasteiger partial charge on any atom is -0.492 e. The fourth-order valence-corrected chi connectivity index (χ4v) is 2.11. The summed E-state index contributed by atoms with van der Waals surface area (Å²) >= 11 is 0. The van der Waals surface area contributed by atoms with Gasteiger partial charge in [0.15, 0.2) is 11.5 Å². The molecule has 0 atom stereocenters. The third-order valence-electron chi connectivity index (χ3n) is 3.03. The van der Waals surface area contributed by atoms with Crippen LogP contribution in [0.15, 0.2) is 54.6 Å². The molecule has 0 fully saturated rings. The van der Waals surface area contributed by atoms with E-state index in [1.54, 1.807) is 26.4 Å². The van der Waals surface area contributed by atoms with Crippen LogP contribution < -0.4 is 4.74 Å². The van der Waals surface area contributed by atoms with Crippen LogP contribution >= 0.6 is 0 Å². The molecule has 0 heterocycles.